The van der Waals surface area contributed by atoms with Crippen molar-refractivity contribution in [2.24, 2.45) is 0 Å². The van der Waals surface area contributed by atoms with E-state index in [1.807, 2.05) is 31.3 Å². The standard InChI is InChI=1S/C19H21ClN2O3/c1-22(12-16-5-3-4-6-17(16)20)13-18(23)21-11-14-7-9-15(10-8-14)19(24)25-2/h3-10H,11-13H2,1-2H3,(H,21,23)/p+1. The fourth-order valence-corrected chi connectivity index (χ4v) is 2.65. The molecule has 1 amide bonds. The summed E-state index contributed by atoms with van der Waals surface area (Å²) in [6, 6.07) is 14.6. The topological polar surface area (TPSA) is 59.8 Å². The number of ether oxygens (including phenoxy) is 1. The van der Waals surface area contributed by atoms with E-state index in [4.69, 9.17) is 11.6 Å². The molecule has 2 rings (SSSR count). The van der Waals surface area contributed by atoms with Crippen LogP contribution in [0.25, 0.3) is 0 Å². The fourth-order valence-electron chi connectivity index (χ4n) is 2.44. The zero-order chi connectivity index (χ0) is 18.2. The summed E-state index contributed by atoms with van der Waals surface area (Å²) >= 11 is 6.14. The molecule has 0 aliphatic carbocycles. The molecule has 0 aliphatic heterocycles. The normalized spacial score (nSPS) is 11.6. The molecule has 0 radical (unpaired) electrons. The third kappa shape index (κ3) is 5.89. The molecule has 25 heavy (non-hydrogen) atoms. The van der Waals surface area contributed by atoms with E-state index in [2.05, 4.69) is 10.1 Å². The molecule has 0 aliphatic rings. The summed E-state index contributed by atoms with van der Waals surface area (Å²) in [6.45, 7) is 1.45. The number of hydrogen-bond acceptors (Lipinski definition) is 3. The van der Waals surface area contributed by atoms with Gasteiger partial charge < -0.3 is 15.0 Å². The molecule has 0 aromatic heterocycles. The molecule has 2 aromatic rings. The number of hydrogen-bond donors (Lipinski definition) is 2. The predicted molar refractivity (Wildman–Crippen MR) is 96.5 cm³/mol. The van der Waals surface area contributed by atoms with E-state index in [0.717, 1.165) is 16.0 Å². The smallest absolute Gasteiger partial charge is 0.337 e. The van der Waals surface area contributed by atoms with Crippen LogP contribution in [0.4, 0.5) is 0 Å². The zero-order valence-corrected chi connectivity index (χ0v) is 15.1. The molecule has 0 saturated heterocycles. The van der Waals surface area contributed by atoms with Crippen molar-refractivity contribution in [2.45, 2.75) is 13.1 Å². The lowest BCUT2D eigenvalue weighted by atomic mass is 10.1. The van der Waals surface area contributed by atoms with Crippen molar-refractivity contribution in [1.82, 2.24) is 5.32 Å². The highest BCUT2D eigenvalue weighted by Gasteiger charge is 2.12. The Balaban J connectivity index is 1.80. The summed E-state index contributed by atoms with van der Waals surface area (Å²) in [7, 11) is 3.30. The molecule has 2 N–H and O–H groups in total. The molecule has 6 heteroatoms. The van der Waals surface area contributed by atoms with Gasteiger partial charge in [0.1, 0.15) is 6.54 Å². The van der Waals surface area contributed by atoms with Gasteiger partial charge in [-0.2, -0.15) is 0 Å². The van der Waals surface area contributed by atoms with Crippen molar-refractivity contribution in [1.29, 1.82) is 0 Å². The van der Waals surface area contributed by atoms with Crippen molar-refractivity contribution in [3.63, 3.8) is 0 Å². The van der Waals surface area contributed by atoms with Gasteiger partial charge in [-0.3, -0.25) is 4.79 Å². The minimum absolute atomic E-state index is 0.0402. The second-order valence-electron chi connectivity index (χ2n) is 5.87. The molecule has 1 unspecified atom stereocenters. The van der Waals surface area contributed by atoms with E-state index in [1.54, 1.807) is 24.3 Å². The average Bonchev–Trinajstić information content (AvgIpc) is 2.61. The Bertz CT molecular complexity index is 732. The number of methoxy groups -OCH3 is 1. The van der Waals surface area contributed by atoms with Gasteiger partial charge in [0.2, 0.25) is 0 Å². The average molecular weight is 362 g/mol. The molecular weight excluding hydrogens is 340 g/mol. The quantitative estimate of drug-likeness (QED) is 0.734. The van der Waals surface area contributed by atoms with E-state index >= 15 is 0 Å². The Kier molecular flexibility index (Phi) is 6.98. The minimum Gasteiger partial charge on any atom is -0.465 e. The second kappa shape index (κ2) is 9.20. The SMILES string of the molecule is COC(=O)c1ccc(CNC(=O)C[NH+](C)Cc2ccccc2Cl)cc1. The number of nitrogens with one attached hydrogen (secondary N) is 2. The highest BCUT2D eigenvalue weighted by atomic mass is 35.5. The largest absolute Gasteiger partial charge is 0.465 e. The number of amides is 1. The van der Waals surface area contributed by atoms with E-state index in [9.17, 15) is 9.59 Å². The number of rotatable bonds is 7. The maximum atomic E-state index is 12.1. The lowest BCUT2D eigenvalue weighted by Crippen LogP contribution is -3.08. The number of carbonyl (C=O) groups excluding carboxylic acids is 2. The van der Waals surface area contributed by atoms with E-state index < -0.39 is 0 Å². The maximum absolute atomic E-state index is 12.1. The Morgan fingerprint density at radius 1 is 1.12 bits per heavy atom. The molecule has 132 valence electrons. The molecule has 0 saturated carbocycles. The number of likely N-dealkylation sites (N-methyl/N-ethyl adjacent to an activating group) is 1. The van der Waals surface area contributed by atoms with Crippen molar-refractivity contribution in [3.8, 4) is 0 Å². The van der Waals surface area contributed by atoms with Crippen LogP contribution >= 0.6 is 11.6 Å². The summed E-state index contributed by atoms with van der Waals surface area (Å²) in [5.41, 5.74) is 2.43. The molecular formula is C19H22ClN2O3+. The van der Waals surface area contributed by atoms with Crippen LogP contribution < -0.4 is 10.2 Å². The van der Waals surface area contributed by atoms with Crippen LogP contribution in [0.1, 0.15) is 21.5 Å². The fraction of sp³-hybridized carbons (Fsp3) is 0.263. The Morgan fingerprint density at radius 2 is 1.80 bits per heavy atom. The first kappa shape index (κ1) is 19.0. The van der Waals surface area contributed by atoms with Crippen LogP contribution in [0, 0.1) is 0 Å². The monoisotopic (exact) mass is 361 g/mol. The Morgan fingerprint density at radius 3 is 2.44 bits per heavy atom. The van der Waals surface area contributed by atoms with Crippen molar-refractivity contribution < 1.29 is 19.2 Å². The van der Waals surface area contributed by atoms with Crippen LogP contribution in [-0.2, 0) is 22.6 Å². The zero-order valence-electron chi connectivity index (χ0n) is 14.3. The second-order valence-corrected chi connectivity index (χ2v) is 6.27. The first-order chi connectivity index (χ1) is 12.0. The first-order valence-corrected chi connectivity index (χ1v) is 8.36. The van der Waals surface area contributed by atoms with E-state index in [-0.39, 0.29) is 11.9 Å². The van der Waals surface area contributed by atoms with E-state index in [1.165, 1.54) is 7.11 Å². The van der Waals surface area contributed by atoms with Gasteiger partial charge in [0.15, 0.2) is 6.54 Å². The summed E-state index contributed by atoms with van der Waals surface area (Å²) in [5.74, 6) is -0.415. The van der Waals surface area contributed by atoms with Gasteiger partial charge in [0.05, 0.1) is 19.7 Å². The third-order valence-electron chi connectivity index (χ3n) is 3.78. The van der Waals surface area contributed by atoms with Crippen LogP contribution in [0.2, 0.25) is 5.02 Å². The summed E-state index contributed by atoms with van der Waals surface area (Å²) in [4.78, 5) is 24.5. The minimum atomic E-state index is -0.375. The van der Waals surface area contributed by atoms with Crippen LogP contribution in [0.3, 0.4) is 0 Å². The van der Waals surface area contributed by atoms with Gasteiger partial charge in [-0.1, -0.05) is 41.9 Å². The Labute approximate surface area is 152 Å². The molecule has 1 atom stereocenters. The van der Waals surface area contributed by atoms with Gasteiger partial charge in [0.25, 0.3) is 5.91 Å². The van der Waals surface area contributed by atoms with Gasteiger partial charge in [-0.05, 0) is 23.8 Å². The predicted octanol–water partition coefficient (Wildman–Crippen LogP) is 1.46. The molecule has 0 fully saturated rings. The number of halogens is 1. The number of esters is 1. The lowest BCUT2D eigenvalue weighted by molar-refractivity contribution is -0.885. The first-order valence-electron chi connectivity index (χ1n) is 7.98. The van der Waals surface area contributed by atoms with Crippen LogP contribution in [0.5, 0.6) is 0 Å². The molecule has 5 nitrogen and oxygen atoms in total. The van der Waals surface area contributed by atoms with Crippen molar-refractivity contribution in [2.75, 3.05) is 20.7 Å². The van der Waals surface area contributed by atoms with Crippen LogP contribution in [0.15, 0.2) is 48.5 Å². The third-order valence-corrected chi connectivity index (χ3v) is 4.15. The summed E-state index contributed by atoms with van der Waals surface area (Å²) in [5, 5.41) is 3.60. The molecule has 0 heterocycles. The molecule has 0 spiro atoms. The number of carbonyl (C=O) groups is 2. The van der Waals surface area contributed by atoms with E-state index in [0.29, 0.717) is 30.2 Å². The molecule has 0 bridgehead atoms. The number of quaternary nitrogens is 1. The highest BCUT2D eigenvalue weighted by Crippen LogP contribution is 2.13. The highest BCUT2D eigenvalue weighted by molar-refractivity contribution is 6.31. The Hall–Kier alpha value is -2.37. The lowest BCUT2D eigenvalue weighted by Gasteiger charge is -2.14. The number of benzene rings is 2. The maximum Gasteiger partial charge on any atom is 0.337 e. The van der Waals surface area contributed by atoms with Crippen molar-refractivity contribution >= 4 is 23.5 Å². The van der Waals surface area contributed by atoms with Gasteiger partial charge in [-0.25, -0.2) is 4.79 Å². The van der Waals surface area contributed by atoms with Crippen LogP contribution in [-0.4, -0.2) is 32.6 Å². The molecule has 2 aromatic carbocycles. The summed E-state index contributed by atoms with van der Waals surface area (Å²) < 4.78 is 4.65. The van der Waals surface area contributed by atoms with Gasteiger partial charge in [-0.15, -0.1) is 0 Å². The van der Waals surface area contributed by atoms with Gasteiger partial charge >= 0.3 is 5.97 Å². The van der Waals surface area contributed by atoms with Crippen molar-refractivity contribution in [3.05, 3.63) is 70.2 Å². The van der Waals surface area contributed by atoms with Gasteiger partial charge in [0, 0.05) is 17.1 Å². The summed E-state index contributed by atoms with van der Waals surface area (Å²) in [6.07, 6.45) is 0.